The number of nitrogens with zero attached hydrogens (tertiary/aromatic N) is 4. The van der Waals surface area contributed by atoms with E-state index in [1.54, 1.807) is 12.5 Å². The minimum atomic E-state index is 0.700. The number of aryl methyl sites for hydroxylation is 2. The summed E-state index contributed by atoms with van der Waals surface area (Å²) < 4.78 is 5.40. The zero-order valence-electron chi connectivity index (χ0n) is 19.0. The van der Waals surface area contributed by atoms with E-state index in [2.05, 4.69) is 68.3 Å². The van der Waals surface area contributed by atoms with Crippen LogP contribution in [0.1, 0.15) is 37.4 Å². The van der Waals surface area contributed by atoms with E-state index < -0.39 is 0 Å². The van der Waals surface area contributed by atoms with Gasteiger partial charge in [-0.05, 0) is 29.3 Å². The number of aromatic amines is 1. The van der Waals surface area contributed by atoms with Crippen LogP contribution in [-0.4, -0.2) is 24.9 Å². The number of anilines is 1. The maximum Gasteiger partial charge on any atom is 0.179 e. The first kappa shape index (κ1) is 22.2. The van der Waals surface area contributed by atoms with Gasteiger partial charge < -0.3 is 14.7 Å². The molecule has 7 heteroatoms. The molecule has 5 aromatic rings. The summed E-state index contributed by atoms with van der Waals surface area (Å²) in [6.07, 6.45) is 11.5. The van der Waals surface area contributed by atoms with Crippen LogP contribution in [0.5, 0.6) is 0 Å². The topological polar surface area (TPSA) is 92.5 Å². The highest BCUT2D eigenvalue weighted by molar-refractivity contribution is 5.85. The van der Waals surface area contributed by atoms with Crippen molar-refractivity contribution in [2.75, 3.05) is 5.32 Å². The molecule has 0 bridgehead atoms. The second kappa shape index (κ2) is 11.0. The van der Waals surface area contributed by atoms with E-state index in [-0.39, 0.29) is 0 Å². The van der Waals surface area contributed by atoms with Crippen molar-refractivity contribution in [3.8, 4) is 11.1 Å². The Balaban J connectivity index is 0.000000821. The molecular weight excluding hydrogens is 412 g/mol. The Kier molecular flexibility index (Phi) is 7.43. The average molecular weight is 441 g/mol. The monoisotopic (exact) mass is 440 g/mol. The van der Waals surface area contributed by atoms with Gasteiger partial charge in [-0.3, -0.25) is 0 Å². The Morgan fingerprint density at radius 3 is 2.45 bits per heavy atom. The van der Waals surface area contributed by atoms with Crippen molar-refractivity contribution >= 4 is 16.9 Å². The molecule has 4 heterocycles. The summed E-state index contributed by atoms with van der Waals surface area (Å²) in [5.74, 6) is 1.85. The summed E-state index contributed by atoms with van der Waals surface area (Å²) in [4.78, 5) is 20.6. The molecule has 168 valence electrons. The second-order valence-electron chi connectivity index (χ2n) is 7.70. The summed E-state index contributed by atoms with van der Waals surface area (Å²) in [5, 5.41) is 3.49. The second-order valence-corrected chi connectivity index (χ2v) is 7.70. The van der Waals surface area contributed by atoms with Gasteiger partial charge in [0.25, 0.3) is 0 Å². The molecule has 0 saturated carbocycles. The zero-order chi connectivity index (χ0) is 22.9. The van der Waals surface area contributed by atoms with Gasteiger partial charge in [0.1, 0.15) is 23.4 Å². The first-order chi connectivity index (χ1) is 16.3. The molecule has 4 aromatic heterocycles. The molecule has 33 heavy (non-hydrogen) atoms. The lowest BCUT2D eigenvalue weighted by Crippen LogP contribution is -2.00. The SMILES string of the molecule is CCC.c1coc(CCc2nc3nccc(NCc4ccc(-c5cncnc5)cc4)c3[nH]2)c1. The number of rotatable bonds is 7. The molecule has 0 spiro atoms. The molecule has 7 nitrogen and oxygen atoms in total. The van der Waals surface area contributed by atoms with Crippen molar-refractivity contribution in [1.82, 2.24) is 24.9 Å². The van der Waals surface area contributed by atoms with E-state index >= 15 is 0 Å². The van der Waals surface area contributed by atoms with Crippen LogP contribution in [0.3, 0.4) is 0 Å². The molecular formula is C26H28N6O. The number of imidazole rings is 1. The van der Waals surface area contributed by atoms with Crippen LogP contribution in [0.4, 0.5) is 5.69 Å². The predicted octanol–water partition coefficient (Wildman–Crippen LogP) is 5.82. The number of benzene rings is 1. The van der Waals surface area contributed by atoms with Gasteiger partial charge in [-0.1, -0.05) is 44.5 Å². The summed E-state index contributed by atoms with van der Waals surface area (Å²) in [6.45, 7) is 4.95. The highest BCUT2D eigenvalue weighted by Gasteiger charge is 2.09. The van der Waals surface area contributed by atoms with Crippen molar-refractivity contribution < 1.29 is 4.42 Å². The molecule has 1 aromatic carbocycles. The van der Waals surface area contributed by atoms with Crippen LogP contribution >= 0.6 is 0 Å². The van der Waals surface area contributed by atoms with Crippen molar-refractivity contribution in [3.05, 3.63) is 90.8 Å². The number of furan rings is 1. The van der Waals surface area contributed by atoms with Crippen molar-refractivity contribution in [2.45, 2.75) is 39.7 Å². The van der Waals surface area contributed by atoms with Gasteiger partial charge in [-0.25, -0.2) is 19.9 Å². The molecule has 0 aliphatic carbocycles. The Labute approximate surface area is 193 Å². The molecule has 0 aliphatic rings. The number of pyridine rings is 1. The number of nitrogens with one attached hydrogen (secondary N) is 2. The third kappa shape index (κ3) is 5.83. The van der Waals surface area contributed by atoms with Gasteiger partial charge in [-0.15, -0.1) is 0 Å². The van der Waals surface area contributed by atoms with Crippen LogP contribution in [-0.2, 0) is 19.4 Å². The lowest BCUT2D eigenvalue weighted by molar-refractivity contribution is 0.507. The zero-order valence-corrected chi connectivity index (χ0v) is 19.0. The highest BCUT2D eigenvalue weighted by Crippen LogP contribution is 2.22. The van der Waals surface area contributed by atoms with Gasteiger partial charge in [0.05, 0.1) is 12.0 Å². The Morgan fingerprint density at radius 1 is 0.939 bits per heavy atom. The van der Waals surface area contributed by atoms with Crippen LogP contribution < -0.4 is 5.32 Å². The molecule has 0 atom stereocenters. The summed E-state index contributed by atoms with van der Waals surface area (Å²) in [7, 11) is 0. The molecule has 0 saturated heterocycles. The molecule has 0 unspecified atom stereocenters. The van der Waals surface area contributed by atoms with Gasteiger partial charge in [-0.2, -0.15) is 0 Å². The van der Waals surface area contributed by atoms with Gasteiger partial charge in [0.15, 0.2) is 5.65 Å². The first-order valence-electron chi connectivity index (χ1n) is 11.2. The van der Waals surface area contributed by atoms with E-state index in [1.165, 1.54) is 18.3 Å². The number of aromatic nitrogens is 5. The Morgan fingerprint density at radius 2 is 1.73 bits per heavy atom. The van der Waals surface area contributed by atoms with Gasteiger partial charge >= 0.3 is 0 Å². The lowest BCUT2D eigenvalue weighted by atomic mass is 10.1. The average Bonchev–Trinajstić information content (AvgIpc) is 3.53. The fourth-order valence-electron chi connectivity index (χ4n) is 3.38. The van der Waals surface area contributed by atoms with E-state index in [4.69, 9.17) is 4.42 Å². The number of hydrogen-bond acceptors (Lipinski definition) is 6. The van der Waals surface area contributed by atoms with Gasteiger partial charge in [0, 0.05) is 43.5 Å². The quantitative estimate of drug-likeness (QED) is 0.331. The fraction of sp³-hybridized carbons (Fsp3) is 0.231. The summed E-state index contributed by atoms with van der Waals surface area (Å²) in [6, 6.07) is 14.2. The first-order valence-corrected chi connectivity index (χ1v) is 11.2. The highest BCUT2D eigenvalue weighted by atomic mass is 16.3. The van der Waals surface area contributed by atoms with Crippen LogP contribution in [0.2, 0.25) is 0 Å². The molecule has 0 aliphatic heterocycles. The Hall–Kier alpha value is -4.00. The van der Waals surface area contributed by atoms with Crippen LogP contribution in [0.15, 0.2) is 78.1 Å². The normalized spacial score (nSPS) is 10.6. The largest absolute Gasteiger partial charge is 0.469 e. The molecule has 0 fully saturated rings. The number of hydrogen-bond donors (Lipinski definition) is 2. The molecule has 5 rings (SSSR count). The summed E-state index contributed by atoms with van der Waals surface area (Å²) in [5.41, 5.74) is 5.90. The maximum absolute atomic E-state index is 5.40. The molecule has 0 radical (unpaired) electrons. The lowest BCUT2D eigenvalue weighted by Gasteiger charge is -2.08. The van der Waals surface area contributed by atoms with Crippen molar-refractivity contribution in [2.24, 2.45) is 0 Å². The van der Waals surface area contributed by atoms with E-state index in [0.29, 0.717) is 12.2 Å². The Bertz CT molecular complexity index is 1250. The third-order valence-electron chi connectivity index (χ3n) is 4.96. The van der Waals surface area contributed by atoms with E-state index in [0.717, 1.165) is 46.8 Å². The minimum Gasteiger partial charge on any atom is -0.469 e. The minimum absolute atomic E-state index is 0.700. The smallest absolute Gasteiger partial charge is 0.179 e. The van der Waals surface area contributed by atoms with Crippen molar-refractivity contribution in [3.63, 3.8) is 0 Å². The van der Waals surface area contributed by atoms with Crippen LogP contribution in [0, 0.1) is 0 Å². The summed E-state index contributed by atoms with van der Waals surface area (Å²) >= 11 is 0. The third-order valence-corrected chi connectivity index (χ3v) is 4.96. The van der Waals surface area contributed by atoms with E-state index in [9.17, 15) is 0 Å². The fourth-order valence-corrected chi connectivity index (χ4v) is 3.38. The maximum atomic E-state index is 5.40. The number of fused-ring (bicyclic) bond motifs is 1. The number of H-pyrrole nitrogens is 1. The predicted molar refractivity (Wildman–Crippen MR) is 131 cm³/mol. The van der Waals surface area contributed by atoms with Crippen molar-refractivity contribution in [1.29, 1.82) is 0 Å². The standard InChI is InChI=1S/C23H20N6O.C3H8/c1-2-19(30-11-1)7-8-21-28-22-20(9-10-26-23(22)29-21)27-12-16-3-5-17(6-4-16)18-13-24-15-25-14-18;1-3-2/h1-6,9-11,13-15H,7-8,12H2,(H2,26,27,28,29);3H2,1-2H3. The van der Waals surface area contributed by atoms with E-state index in [1.807, 2.05) is 30.6 Å². The van der Waals surface area contributed by atoms with Gasteiger partial charge in [0.2, 0.25) is 0 Å². The molecule has 0 amide bonds. The van der Waals surface area contributed by atoms with Crippen LogP contribution in [0.25, 0.3) is 22.3 Å². The molecule has 2 N–H and O–H groups in total.